The Balaban J connectivity index is 2.64. The first kappa shape index (κ1) is 10.2. The van der Waals surface area contributed by atoms with Crippen molar-refractivity contribution in [2.24, 2.45) is 0 Å². The average Bonchev–Trinajstić information content (AvgIpc) is 2.51. The van der Waals surface area contributed by atoms with Crippen molar-refractivity contribution in [1.82, 2.24) is 10.3 Å². The lowest BCUT2D eigenvalue weighted by atomic mass is 10.2. The van der Waals surface area contributed by atoms with Gasteiger partial charge in [0.25, 0.3) is 5.91 Å². The van der Waals surface area contributed by atoms with E-state index >= 15 is 0 Å². The molecular weight excluding hydrogens is 184 g/mol. The maximum Gasteiger partial charge on any atom is 0.263 e. The van der Waals surface area contributed by atoms with Crippen molar-refractivity contribution in [2.45, 2.75) is 33.2 Å². The van der Waals surface area contributed by atoms with Crippen molar-refractivity contribution >= 4 is 17.2 Å². The lowest BCUT2D eigenvalue weighted by molar-refractivity contribution is 0.0942. The van der Waals surface area contributed by atoms with Gasteiger partial charge in [-0.25, -0.2) is 4.98 Å². The Morgan fingerprint density at radius 1 is 1.77 bits per heavy atom. The fraction of sp³-hybridized carbons (Fsp3) is 0.556. The molecule has 1 amide bonds. The van der Waals surface area contributed by atoms with Crippen molar-refractivity contribution in [3.8, 4) is 0 Å². The van der Waals surface area contributed by atoms with Gasteiger partial charge in [0.05, 0.1) is 11.2 Å². The zero-order valence-electron chi connectivity index (χ0n) is 8.13. The van der Waals surface area contributed by atoms with E-state index in [1.54, 1.807) is 5.51 Å². The summed E-state index contributed by atoms with van der Waals surface area (Å²) in [5.41, 5.74) is 2.51. The molecule has 1 atom stereocenters. The lowest BCUT2D eigenvalue weighted by Gasteiger charge is -2.09. The number of thiazole rings is 1. The molecule has 0 fully saturated rings. The highest BCUT2D eigenvalue weighted by Crippen LogP contribution is 2.11. The first-order valence-electron chi connectivity index (χ1n) is 4.36. The molecule has 3 nitrogen and oxygen atoms in total. The van der Waals surface area contributed by atoms with Crippen LogP contribution in [0.2, 0.25) is 0 Å². The molecule has 1 N–H and O–H groups in total. The fourth-order valence-electron chi connectivity index (χ4n) is 0.911. The number of amides is 1. The predicted molar refractivity (Wildman–Crippen MR) is 54.1 cm³/mol. The number of carbonyl (C=O) groups excluding carboxylic acids is 1. The standard InChI is InChI=1S/C9H14N2OS/c1-4-6(2)11-9(12)8-7(3)10-5-13-8/h5-6H,4H2,1-3H3,(H,11,12). The minimum absolute atomic E-state index is 0.00523. The van der Waals surface area contributed by atoms with E-state index in [4.69, 9.17) is 0 Å². The maximum atomic E-state index is 11.6. The molecule has 0 aliphatic carbocycles. The van der Waals surface area contributed by atoms with Gasteiger partial charge in [-0.15, -0.1) is 11.3 Å². The minimum atomic E-state index is -0.00523. The third-order valence-electron chi connectivity index (χ3n) is 1.94. The Hall–Kier alpha value is -0.900. The Bertz CT molecular complexity index is 296. The molecular formula is C9H14N2OS. The molecule has 1 heterocycles. The highest BCUT2D eigenvalue weighted by atomic mass is 32.1. The molecule has 72 valence electrons. The molecule has 0 radical (unpaired) electrons. The number of nitrogens with zero attached hydrogens (tertiary/aromatic N) is 1. The van der Waals surface area contributed by atoms with Gasteiger partial charge in [-0.1, -0.05) is 6.92 Å². The molecule has 1 aromatic rings. The molecule has 1 aromatic heterocycles. The van der Waals surface area contributed by atoms with Crippen molar-refractivity contribution in [3.05, 3.63) is 16.1 Å². The predicted octanol–water partition coefficient (Wildman–Crippen LogP) is 1.98. The molecule has 0 saturated carbocycles. The second-order valence-corrected chi connectivity index (χ2v) is 3.90. The summed E-state index contributed by atoms with van der Waals surface area (Å²) in [6.45, 7) is 5.89. The Labute approximate surface area is 82.2 Å². The highest BCUT2D eigenvalue weighted by Gasteiger charge is 2.12. The molecule has 13 heavy (non-hydrogen) atoms. The molecule has 0 aliphatic heterocycles. The van der Waals surface area contributed by atoms with Crippen molar-refractivity contribution in [3.63, 3.8) is 0 Å². The normalized spacial score (nSPS) is 12.5. The molecule has 0 spiro atoms. The monoisotopic (exact) mass is 198 g/mol. The largest absolute Gasteiger partial charge is 0.349 e. The Morgan fingerprint density at radius 2 is 2.46 bits per heavy atom. The summed E-state index contributed by atoms with van der Waals surface area (Å²) < 4.78 is 0. The SMILES string of the molecule is CCC(C)NC(=O)c1scnc1C. The van der Waals surface area contributed by atoms with Crippen LogP contribution in [0.5, 0.6) is 0 Å². The van der Waals surface area contributed by atoms with Gasteiger partial charge in [-0.3, -0.25) is 4.79 Å². The smallest absolute Gasteiger partial charge is 0.263 e. The van der Waals surface area contributed by atoms with E-state index in [0.717, 1.165) is 17.0 Å². The summed E-state index contributed by atoms with van der Waals surface area (Å²) in [5.74, 6) is -0.00523. The van der Waals surface area contributed by atoms with E-state index in [0.29, 0.717) is 0 Å². The van der Waals surface area contributed by atoms with Gasteiger partial charge in [-0.05, 0) is 20.3 Å². The highest BCUT2D eigenvalue weighted by molar-refractivity contribution is 7.11. The van der Waals surface area contributed by atoms with Gasteiger partial charge in [-0.2, -0.15) is 0 Å². The summed E-state index contributed by atoms with van der Waals surface area (Å²) in [7, 11) is 0. The van der Waals surface area contributed by atoms with Crippen LogP contribution in [0, 0.1) is 6.92 Å². The van der Waals surface area contributed by atoms with E-state index in [2.05, 4.69) is 10.3 Å². The van der Waals surface area contributed by atoms with Crippen LogP contribution < -0.4 is 5.32 Å². The third kappa shape index (κ3) is 2.52. The van der Waals surface area contributed by atoms with Crippen LogP contribution in [0.15, 0.2) is 5.51 Å². The van der Waals surface area contributed by atoms with E-state index in [-0.39, 0.29) is 11.9 Å². The number of hydrogen-bond donors (Lipinski definition) is 1. The van der Waals surface area contributed by atoms with Crippen LogP contribution >= 0.6 is 11.3 Å². The Kier molecular flexibility index (Phi) is 3.42. The quantitative estimate of drug-likeness (QED) is 0.807. The molecule has 0 aromatic carbocycles. The number of hydrogen-bond acceptors (Lipinski definition) is 3. The third-order valence-corrected chi connectivity index (χ3v) is 2.87. The molecule has 0 aliphatic rings. The summed E-state index contributed by atoms with van der Waals surface area (Å²) in [6, 6.07) is 0.231. The number of aromatic nitrogens is 1. The molecule has 0 bridgehead atoms. The van der Waals surface area contributed by atoms with Gasteiger partial charge < -0.3 is 5.32 Å². The van der Waals surface area contributed by atoms with Gasteiger partial charge in [0.2, 0.25) is 0 Å². The van der Waals surface area contributed by atoms with Crippen LogP contribution in [0.25, 0.3) is 0 Å². The van der Waals surface area contributed by atoms with Crippen LogP contribution in [0.4, 0.5) is 0 Å². The van der Waals surface area contributed by atoms with E-state index in [9.17, 15) is 4.79 Å². The van der Waals surface area contributed by atoms with Crippen LogP contribution in [0.3, 0.4) is 0 Å². The summed E-state index contributed by atoms with van der Waals surface area (Å²) in [4.78, 5) is 16.3. The van der Waals surface area contributed by atoms with Gasteiger partial charge in [0, 0.05) is 6.04 Å². The zero-order chi connectivity index (χ0) is 9.84. The summed E-state index contributed by atoms with van der Waals surface area (Å²) >= 11 is 1.39. The lowest BCUT2D eigenvalue weighted by Crippen LogP contribution is -2.31. The van der Waals surface area contributed by atoms with Crippen LogP contribution in [0.1, 0.15) is 35.6 Å². The maximum absolute atomic E-state index is 11.6. The number of rotatable bonds is 3. The fourth-order valence-corrected chi connectivity index (χ4v) is 1.62. The van der Waals surface area contributed by atoms with Gasteiger partial charge >= 0.3 is 0 Å². The number of nitrogens with one attached hydrogen (secondary N) is 1. The summed E-state index contributed by atoms with van der Waals surface area (Å²) in [6.07, 6.45) is 0.948. The van der Waals surface area contributed by atoms with Crippen molar-refractivity contribution < 1.29 is 4.79 Å². The van der Waals surface area contributed by atoms with Crippen LogP contribution in [-0.2, 0) is 0 Å². The van der Waals surface area contributed by atoms with E-state index < -0.39 is 0 Å². The van der Waals surface area contributed by atoms with Crippen molar-refractivity contribution in [2.75, 3.05) is 0 Å². The Morgan fingerprint density at radius 3 is 2.92 bits per heavy atom. The molecule has 1 unspecified atom stereocenters. The second kappa shape index (κ2) is 4.37. The topological polar surface area (TPSA) is 42.0 Å². The molecule has 0 saturated heterocycles. The van der Waals surface area contributed by atoms with E-state index in [1.165, 1.54) is 11.3 Å². The molecule has 4 heteroatoms. The van der Waals surface area contributed by atoms with Gasteiger partial charge in [0.15, 0.2) is 0 Å². The number of carbonyl (C=O) groups is 1. The molecule has 1 rings (SSSR count). The summed E-state index contributed by atoms with van der Waals surface area (Å²) in [5, 5.41) is 2.90. The van der Waals surface area contributed by atoms with E-state index in [1.807, 2.05) is 20.8 Å². The van der Waals surface area contributed by atoms with Crippen molar-refractivity contribution in [1.29, 1.82) is 0 Å². The first-order valence-corrected chi connectivity index (χ1v) is 5.24. The average molecular weight is 198 g/mol. The minimum Gasteiger partial charge on any atom is -0.349 e. The first-order chi connectivity index (χ1) is 6.15. The number of aryl methyl sites for hydroxylation is 1. The van der Waals surface area contributed by atoms with Crippen LogP contribution in [-0.4, -0.2) is 16.9 Å². The zero-order valence-corrected chi connectivity index (χ0v) is 8.94. The van der Waals surface area contributed by atoms with Gasteiger partial charge in [0.1, 0.15) is 4.88 Å². The second-order valence-electron chi connectivity index (χ2n) is 3.05.